The Bertz CT molecular complexity index is 455. The average molecular weight is 251 g/mol. The molecule has 0 aromatic heterocycles. The number of thioether (sulfide) groups is 1. The minimum absolute atomic E-state index is 0.477. The molecule has 0 aliphatic rings. The Balaban J connectivity index is 3.38. The van der Waals surface area contributed by atoms with Gasteiger partial charge in [-0.05, 0) is 28.2 Å². The van der Waals surface area contributed by atoms with Crippen LogP contribution < -0.4 is 5.19 Å². The zero-order valence-corrected chi connectivity index (χ0v) is 11.4. The number of rotatable bonds is 3. The van der Waals surface area contributed by atoms with E-state index in [1.165, 1.54) is 0 Å². The largest absolute Gasteiger partial charge is 0.287 e. The SMILES string of the molecule is CSc1cccc(C(=O)N=[N+]=[N-])c1[SiH](C)C. The Morgan fingerprint density at radius 3 is 2.69 bits per heavy atom. The van der Waals surface area contributed by atoms with E-state index in [4.69, 9.17) is 5.53 Å². The van der Waals surface area contributed by atoms with E-state index in [-0.39, 0.29) is 0 Å². The summed E-state index contributed by atoms with van der Waals surface area (Å²) in [5.74, 6) is -0.477. The van der Waals surface area contributed by atoms with Crippen LogP contribution in [0, 0.1) is 0 Å². The number of hydrogen-bond donors (Lipinski definition) is 0. The normalized spacial score (nSPS) is 10.0. The van der Waals surface area contributed by atoms with Crippen LogP contribution in [0.25, 0.3) is 10.4 Å². The highest BCUT2D eigenvalue weighted by molar-refractivity contribution is 7.98. The van der Waals surface area contributed by atoms with Gasteiger partial charge in [0.15, 0.2) is 0 Å². The molecule has 0 saturated heterocycles. The summed E-state index contributed by atoms with van der Waals surface area (Å²) in [5, 5.41) is 4.26. The number of azide groups is 1. The van der Waals surface area contributed by atoms with Crippen molar-refractivity contribution in [2.75, 3.05) is 6.26 Å². The van der Waals surface area contributed by atoms with Gasteiger partial charge in [0.1, 0.15) is 0 Å². The van der Waals surface area contributed by atoms with Crippen LogP contribution in [0.2, 0.25) is 13.1 Å². The van der Waals surface area contributed by atoms with Gasteiger partial charge in [-0.25, -0.2) is 0 Å². The monoisotopic (exact) mass is 251 g/mol. The number of carbonyl (C=O) groups excluding carboxylic acids is 1. The Hall–Kier alpha value is -1.23. The highest BCUT2D eigenvalue weighted by atomic mass is 32.2. The minimum Gasteiger partial charge on any atom is -0.287 e. The highest BCUT2D eigenvalue weighted by Gasteiger charge is 2.16. The van der Waals surface area contributed by atoms with E-state index in [9.17, 15) is 4.79 Å². The van der Waals surface area contributed by atoms with Crippen LogP contribution in [0.4, 0.5) is 0 Å². The number of nitrogens with zero attached hydrogens (tertiary/aromatic N) is 3. The van der Waals surface area contributed by atoms with Gasteiger partial charge in [0, 0.05) is 15.4 Å². The van der Waals surface area contributed by atoms with E-state index in [0.29, 0.717) is 5.56 Å². The van der Waals surface area contributed by atoms with Crippen molar-refractivity contribution in [3.8, 4) is 0 Å². The third-order valence-electron chi connectivity index (χ3n) is 2.23. The maximum Gasteiger partial charge on any atom is 0.249 e. The molecule has 16 heavy (non-hydrogen) atoms. The fourth-order valence-electron chi connectivity index (χ4n) is 1.60. The van der Waals surface area contributed by atoms with Gasteiger partial charge in [-0.3, -0.25) is 4.79 Å². The summed E-state index contributed by atoms with van der Waals surface area (Å²) in [4.78, 5) is 15.3. The average Bonchev–Trinajstić information content (AvgIpc) is 2.28. The van der Waals surface area contributed by atoms with E-state index in [1.807, 2.05) is 18.4 Å². The molecule has 0 radical (unpaired) electrons. The highest BCUT2D eigenvalue weighted by Crippen LogP contribution is 2.16. The van der Waals surface area contributed by atoms with Crippen LogP contribution in [0.15, 0.2) is 28.2 Å². The smallest absolute Gasteiger partial charge is 0.249 e. The third kappa shape index (κ3) is 2.66. The van der Waals surface area contributed by atoms with Gasteiger partial charge >= 0.3 is 0 Å². The second-order valence-corrected chi connectivity index (χ2v) is 7.31. The Kier molecular flexibility index (Phi) is 4.61. The molecule has 0 fully saturated rings. The molecule has 0 aliphatic carbocycles. The van der Waals surface area contributed by atoms with Crippen LogP contribution in [-0.4, -0.2) is 21.0 Å². The predicted molar refractivity (Wildman–Crippen MR) is 70.2 cm³/mol. The van der Waals surface area contributed by atoms with E-state index < -0.39 is 14.7 Å². The summed E-state index contributed by atoms with van der Waals surface area (Å²) < 4.78 is 0. The van der Waals surface area contributed by atoms with E-state index in [0.717, 1.165) is 10.1 Å². The number of benzene rings is 1. The number of carbonyl (C=O) groups is 1. The Morgan fingerprint density at radius 1 is 1.50 bits per heavy atom. The molecule has 1 amide bonds. The summed E-state index contributed by atoms with van der Waals surface area (Å²) in [6, 6.07) is 5.56. The molecule has 4 nitrogen and oxygen atoms in total. The first-order valence-corrected chi connectivity index (χ1v) is 8.99. The molecule has 0 atom stereocenters. The van der Waals surface area contributed by atoms with Gasteiger partial charge in [-0.1, -0.05) is 25.2 Å². The second-order valence-electron chi connectivity index (χ2n) is 3.57. The zero-order chi connectivity index (χ0) is 12.1. The second kappa shape index (κ2) is 5.74. The molecule has 6 heteroatoms. The lowest BCUT2D eigenvalue weighted by atomic mass is 10.2. The van der Waals surface area contributed by atoms with Crippen molar-refractivity contribution >= 4 is 31.7 Å². The summed E-state index contributed by atoms with van der Waals surface area (Å²) in [6.07, 6.45) is 1.98. The maximum absolute atomic E-state index is 11.6. The van der Waals surface area contributed by atoms with Crippen molar-refractivity contribution in [2.24, 2.45) is 5.11 Å². The van der Waals surface area contributed by atoms with E-state index in [1.54, 1.807) is 17.8 Å². The van der Waals surface area contributed by atoms with Crippen molar-refractivity contribution in [1.82, 2.24) is 0 Å². The summed E-state index contributed by atoms with van der Waals surface area (Å²) >= 11 is 1.62. The summed E-state index contributed by atoms with van der Waals surface area (Å²) in [5.41, 5.74) is 8.86. The molecule has 0 spiro atoms. The lowest BCUT2D eigenvalue weighted by molar-refractivity contribution is 0.100. The molecule has 0 unspecified atom stereocenters. The first kappa shape index (κ1) is 12.8. The van der Waals surface area contributed by atoms with Crippen molar-refractivity contribution in [3.05, 3.63) is 34.2 Å². The van der Waals surface area contributed by atoms with Crippen molar-refractivity contribution in [3.63, 3.8) is 0 Å². The van der Waals surface area contributed by atoms with Crippen LogP contribution in [0.1, 0.15) is 10.4 Å². The Labute approximate surface area is 100 Å². The Morgan fingerprint density at radius 2 is 2.19 bits per heavy atom. The lowest BCUT2D eigenvalue weighted by Crippen LogP contribution is -2.30. The van der Waals surface area contributed by atoms with Gasteiger partial charge in [0.05, 0.1) is 8.80 Å². The first-order valence-electron chi connectivity index (χ1n) is 4.88. The predicted octanol–water partition coefficient (Wildman–Crippen LogP) is 2.55. The molecule has 1 aromatic carbocycles. The molecule has 1 aromatic rings. The maximum atomic E-state index is 11.6. The minimum atomic E-state index is -1.13. The van der Waals surface area contributed by atoms with Crippen LogP contribution in [0.5, 0.6) is 0 Å². The fraction of sp³-hybridized carbons (Fsp3) is 0.300. The van der Waals surface area contributed by atoms with Gasteiger partial charge in [-0.15, -0.1) is 11.8 Å². The van der Waals surface area contributed by atoms with Crippen molar-refractivity contribution < 1.29 is 4.79 Å². The molecule has 0 heterocycles. The van der Waals surface area contributed by atoms with Gasteiger partial charge in [-0.2, -0.15) is 0 Å². The number of hydrogen-bond acceptors (Lipinski definition) is 2. The zero-order valence-electron chi connectivity index (χ0n) is 9.47. The summed E-state index contributed by atoms with van der Waals surface area (Å²) in [7, 11) is -1.13. The number of amides is 1. The molecule has 0 aliphatic heterocycles. The van der Waals surface area contributed by atoms with Crippen molar-refractivity contribution in [1.29, 1.82) is 0 Å². The van der Waals surface area contributed by atoms with Gasteiger partial charge in [0.2, 0.25) is 5.91 Å². The molecule has 0 N–H and O–H groups in total. The standard InChI is InChI=1S/C10H13N3OSSi/c1-15-8-6-4-5-7(9(8)16(2)3)10(14)12-13-11/h4-6,16H,1-3H3. The van der Waals surface area contributed by atoms with Gasteiger partial charge in [0.25, 0.3) is 0 Å². The van der Waals surface area contributed by atoms with Crippen molar-refractivity contribution in [2.45, 2.75) is 18.0 Å². The third-order valence-corrected chi connectivity index (χ3v) is 5.01. The molecule has 84 valence electrons. The van der Waals surface area contributed by atoms with Crippen LogP contribution >= 0.6 is 11.8 Å². The molecule has 1 rings (SSSR count). The lowest BCUT2D eigenvalue weighted by Gasteiger charge is -2.13. The first-order chi connectivity index (χ1) is 7.61. The fourth-order valence-corrected chi connectivity index (χ4v) is 4.71. The van der Waals surface area contributed by atoms with E-state index in [2.05, 4.69) is 23.1 Å². The molecule has 0 saturated carbocycles. The van der Waals surface area contributed by atoms with E-state index >= 15 is 0 Å². The van der Waals surface area contributed by atoms with Crippen LogP contribution in [-0.2, 0) is 0 Å². The molecular weight excluding hydrogens is 238 g/mol. The topological polar surface area (TPSA) is 65.8 Å². The van der Waals surface area contributed by atoms with Gasteiger partial charge < -0.3 is 0 Å². The molecular formula is C10H13N3OSSi. The quantitative estimate of drug-likeness (QED) is 0.272. The molecule has 0 bridgehead atoms. The van der Waals surface area contributed by atoms with Crippen LogP contribution in [0.3, 0.4) is 0 Å². The summed E-state index contributed by atoms with van der Waals surface area (Å²) in [6.45, 7) is 4.31.